The maximum absolute atomic E-state index is 3.98. The normalized spacial score (nSPS) is 11.5. The van der Waals surface area contributed by atoms with Gasteiger partial charge in [0.25, 0.3) is 0 Å². The molecule has 0 unspecified atom stereocenters. The van der Waals surface area contributed by atoms with Gasteiger partial charge in [0.15, 0.2) is 0 Å². The molecule has 0 N–H and O–H groups in total. The Hall–Kier alpha value is -2.60. The van der Waals surface area contributed by atoms with Gasteiger partial charge in [0.1, 0.15) is 0 Å². The Morgan fingerprint density at radius 2 is 1.62 bits per heavy atom. The molecule has 0 aliphatic carbocycles. The molecule has 154 valence electrons. The number of hydrogen-bond donors (Lipinski definition) is 0. The van der Waals surface area contributed by atoms with E-state index in [1.54, 1.807) is 6.08 Å². The zero-order valence-corrected chi connectivity index (χ0v) is 19.3. The predicted molar refractivity (Wildman–Crippen MR) is 133 cm³/mol. The molecule has 2 aromatic rings. The molecule has 0 heteroatoms. The van der Waals surface area contributed by atoms with E-state index < -0.39 is 0 Å². The van der Waals surface area contributed by atoms with E-state index in [2.05, 4.69) is 96.3 Å². The van der Waals surface area contributed by atoms with Crippen LogP contribution in [0, 0.1) is 13.8 Å². The summed E-state index contributed by atoms with van der Waals surface area (Å²) < 4.78 is 0. The van der Waals surface area contributed by atoms with Gasteiger partial charge in [-0.15, -0.1) is 0 Å². The SMILES string of the molecule is C=C/C=C\C(C)=C(/C)c1ccc(C(=C)C)cc1C.CCCCc1ccc(C)cc1. The van der Waals surface area contributed by atoms with Crippen LogP contribution >= 0.6 is 0 Å². The summed E-state index contributed by atoms with van der Waals surface area (Å²) in [5.41, 5.74) is 10.3. The molecule has 0 amide bonds. The van der Waals surface area contributed by atoms with Crippen LogP contribution in [-0.4, -0.2) is 0 Å². The molecule has 0 heterocycles. The summed E-state index contributed by atoms with van der Waals surface area (Å²) in [5, 5.41) is 0. The standard InChI is InChI=1S/C18H22.C11H16/c1-7-8-9-14(4)16(6)18-11-10-17(13(2)3)12-15(18)5;1-3-4-5-11-8-6-10(2)7-9-11/h7-12H,1-2H2,3-6H3;6-9H,3-5H2,1-2H3/b9-8-,16-14+;. The van der Waals surface area contributed by atoms with Crippen molar-refractivity contribution in [1.29, 1.82) is 0 Å². The first-order chi connectivity index (χ1) is 13.8. The number of unbranched alkanes of at least 4 members (excludes halogenated alkanes) is 1. The van der Waals surface area contributed by atoms with Crippen molar-refractivity contribution in [1.82, 2.24) is 0 Å². The summed E-state index contributed by atoms with van der Waals surface area (Å²) in [6.45, 7) is 20.5. The van der Waals surface area contributed by atoms with Crippen molar-refractivity contribution in [2.24, 2.45) is 0 Å². The highest BCUT2D eigenvalue weighted by atomic mass is 14.1. The zero-order valence-electron chi connectivity index (χ0n) is 19.3. The number of benzene rings is 2. The largest absolute Gasteiger partial charge is 0.0991 e. The fourth-order valence-electron chi connectivity index (χ4n) is 3.04. The summed E-state index contributed by atoms with van der Waals surface area (Å²) in [4.78, 5) is 0. The van der Waals surface area contributed by atoms with Crippen molar-refractivity contribution in [3.05, 3.63) is 107 Å². The van der Waals surface area contributed by atoms with Crippen LogP contribution in [0.5, 0.6) is 0 Å². The Balaban J connectivity index is 0.000000326. The van der Waals surface area contributed by atoms with Crippen molar-refractivity contribution < 1.29 is 0 Å². The highest BCUT2D eigenvalue weighted by Gasteiger charge is 2.04. The number of allylic oxidation sites excluding steroid dienone is 6. The molecule has 0 aliphatic rings. The molecular weight excluding hydrogens is 348 g/mol. The van der Waals surface area contributed by atoms with E-state index in [9.17, 15) is 0 Å². The van der Waals surface area contributed by atoms with Gasteiger partial charge in [0, 0.05) is 0 Å². The molecule has 0 radical (unpaired) electrons. The van der Waals surface area contributed by atoms with E-state index in [0.29, 0.717) is 0 Å². The summed E-state index contributed by atoms with van der Waals surface area (Å²) >= 11 is 0. The molecule has 0 nitrogen and oxygen atoms in total. The van der Waals surface area contributed by atoms with Crippen LogP contribution in [0.4, 0.5) is 0 Å². The monoisotopic (exact) mass is 386 g/mol. The van der Waals surface area contributed by atoms with Gasteiger partial charge in [0.2, 0.25) is 0 Å². The van der Waals surface area contributed by atoms with E-state index in [4.69, 9.17) is 0 Å². The second kappa shape index (κ2) is 12.8. The summed E-state index contributed by atoms with van der Waals surface area (Å²) in [5.74, 6) is 0. The Morgan fingerprint density at radius 1 is 0.966 bits per heavy atom. The van der Waals surface area contributed by atoms with Crippen LogP contribution in [0.3, 0.4) is 0 Å². The Kier molecular flexibility index (Phi) is 10.8. The molecule has 29 heavy (non-hydrogen) atoms. The van der Waals surface area contributed by atoms with Gasteiger partial charge in [-0.05, 0) is 80.9 Å². The van der Waals surface area contributed by atoms with Crippen molar-refractivity contribution in [3.8, 4) is 0 Å². The van der Waals surface area contributed by atoms with Crippen LogP contribution in [0.15, 0.2) is 79.4 Å². The summed E-state index contributed by atoms with van der Waals surface area (Å²) in [7, 11) is 0. The first-order valence-electron chi connectivity index (χ1n) is 10.6. The summed E-state index contributed by atoms with van der Waals surface area (Å²) in [6.07, 6.45) is 9.69. The van der Waals surface area contributed by atoms with Gasteiger partial charge in [0.05, 0.1) is 0 Å². The van der Waals surface area contributed by atoms with Gasteiger partial charge in [-0.1, -0.05) is 98.3 Å². The fraction of sp³-hybridized carbons (Fsp3) is 0.310. The van der Waals surface area contributed by atoms with Gasteiger partial charge in [-0.2, -0.15) is 0 Å². The van der Waals surface area contributed by atoms with Crippen LogP contribution in [-0.2, 0) is 6.42 Å². The van der Waals surface area contributed by atoms with Crippen LogP contribution in [0.1, 0.15) is 68.4 Å². The minimum Gasteiger partial charge on any atom is -0.0991 e. The van der Waals surface area contributed by atoms with E-state index >= 15 is 0 Å². The van der Waals surface area contributed by atoms with Gasteiger partial charge >= 0.3 is 0 Å². The minimum absolute atomic E-state index is 1.11. The van der Waals surface area contributed by atoms with E-state index in [1.165, 1.54) is 58.2 Å². The Bertz CT molecular complexity index is 857. The average molecular weight is 387 g/mol. The van der Waals surface area contributed by atoms with Gasteiger partial charge in [-0.25, -0.2) is 0 Å². The quantitative estimate of drug-likeness (QED) is 0.417. The second-order valence-electron chi connectivity index (χ2n) is 7.80. The minimum atomic E-state index is 1.11. The molecule has 0 saturated heterocycles. The van der Waals surface area contributed by atoms with Crippen LogP contribution in [0.2, 0.25) is 0 Å². The maximum Gasteiger partial charge on any atom is -0.0195 e. The molecular formula is C29H38. The van der Waals surface area contributed by atoms with E-state index in [-0.39, 0.29) is 0 Å². The third kappa shape index (κ3) is 8.52. The lowest BCUT2D eigenvalue weighted by Gasteiger charge is -2.11. The van der Waals surface area contributed by atoms with Crippen LogP contribution < -0.4 is 0 Å². The third-order valence-electron chi connectivity index (χ3n) is 5.14. The first-order valence-corrected chi connectivity index (χ1v) is 10.6. The number of hydrogen-bond acceptors (Lipinski definition) is 0. The average Bonchev–Trinajstić information content (AvgIpc) is 2.71. The lowest BCUT2D eigenvalue weighted by molar-refractivity contribution is 0.795. The van der Waals surface area contributed by atoms with E-state index in [1.807, 2.05) is 13.0 Å². The van der Waals surface area contributed by atoms with Crippen molar-refractivity contribution in [2.75, 3.05) is 0 Å². The Labute approximate surface area is 179 Å². The second-order valence-corrected chi connectivity index (χ2v) is 7.80. The molecule has 0 spiro atoms. The lowest BCUT2D eigenvalue weighted by Crippen LogP contribution is -1.90. The molecule has 0 aliphatic heterocycles. The van der Waals surface area contributed by atoms with Crippen LogP contribution in [0.25, 0.3) is 11.1 Å². The highest BCUT2D eigenvalue weighted by Crippen LogP contribution is 2.25. The lowest BCUT2D eigenvalue weighted by atomic mass is 9.94. The molecule has 2 aromatic carbocycles. The van der Waals surface area contributed by atoms with Crippen molar-refractivity contribution >= 4 is 11.1 Å². The molecule has 0 saturated carbocycles. The van der Waals surface area contributed by atoms with E-state index in [0.717, 1.165) is 5.57 Å². The number of rotatable bonds is 7. The van der Waals surface area contributed by atoms with Crippen molar-refractivity contribution in [2.45, 2.75) is 60.8 Å². The topological polar surface area (TPSA) is 0 Å². The predicted octanol–water partition coefficient (Wildman–Crippen LogP) is 8.90. The summed E-state index contributed by atoms with van der Waals surface area (Å²) in [6, 6.07) is 15.3. The Morgan fingerprint density at radius 3 is 2.14 bits per heavy atom. The molecule has 0 bridgehead atoms. The number of aryl methyl sites for hydroxylation is 3. The molecule has 0 atom stereocenters. The smallest absolute Gasteiger partial charge is 0.0195 e. The van der Waals surface area contributed by atoms with Gasteiger partial charge < -0.3 is 0 Å². The maximum atomic E-state index is 3.98. The third-order valence-corrected chi connectivity index (χ3v) is 5.14. The molecule has 0 fully saturated rings. The highest BCUT2D eigenvalue weighted by molar-refractivity contribution is 5.73. The van der Waals surface area contributed by atoms with Crippen molar-refractivity contribution in [3.63, 3.8) is 0 Å². The molecule has 0 aromatic heterocycles. The zero-order chi connectivity index (χ0) is 21.8. The van der Waals surface area contributed by atoms with Gasteiger partial charge in [-0.3, -0.25) is 0 Å². The fourth-order valence-corrected chi connectivity index (χ4v) is 3.04. The first kappa shape index (κ1) is 24.4. The molecule has 2 rings (SSSR count).